The third kappa shape index (κ3) is 2.92. The summed E-state index contributed by atoms with van der Waals surface area (Å²) in [6, 6.07) is 4.87. The number of benzene rings is 1. The van der Waals surface area contributed by atoms with E-state index >= 15 is 0 Å². The Morgan fingerprint density at radius 1 is 1.47 bits per heavy atom. The van der Waals surface area contributed by atoms with Gasteiger partial charge in [0.25, 0.3) is 0 Å². The Labute approximate surface area is 96.9 Å². The molecule has 1 aliphatic heterocycles. The smallest absolute Gasteiger partial charge is 0.166 e. The first-order valence-electron chi connectivity index (χ1n) is 5.08. The van der Waals surface area contributed by atoms with Gasteiger partial charge in [-0.05, 0) is 37.6 Å². The first kappa shape index (κ1) is 10.9. The van der Waals surface area contributed by atoms with Gasteiger partial charge < -0.3 is 10.1 Å². The number of nitrogens with one attached hydrogen (secondary N) is 1. The van der Waals surface area contributed by atoms with Gasteiger partial charge in [-0.15, -0.1) is 0 Å². The van der Waals surface area contributed by atoms with E-state index in [2.05, 4.69) is 21.2 Å². The van der Waals surface area contributed by atoms with E-state index in [1.807, 2.05) is 0 Å². The fraction of sp³-hybridized carbons (Fsp3) is 0.455. The molecule has 1 N–H and O–H groups in total. The van der Waals surface area contributed by atoms with Crippen molar-refractivity contribution in [1.82, 2.24) is 5.32 Å². The molecule has 0 amide bonds. The molecule has 15 heavy (non-hydrogen) atoms. The molecule has 1 aromatic rings. The summed E-state index contributed by atoms with van der Waals surface area (Å²) in [5.74, 6) is 0.0295. The fourth-order valence-corrected chi connectivity index (χ4v) is 2.00. The summed E-state index contributed by atoms with van der Waals surface area (Å²) in [6.07, 6.45) is 2.17. The van der Waals surface area contributed by atoms with Crippen molar-refractivity contribution in [3.8, 4) is 5.75 Å². The van der Waals surface area contributed by atoms with Crippen LogP contribution < -0.4 is 10.1 Å². The minimum absolute atomic E-state index is 0.0921. The molecule has 1 fully saturated rings. The molecule has 1 atom stereocenters. The lowest BCUT2D eigenvalue weighted by Crippen LogP contribution is -2.37. The van der Waals surface area contributed by atoms with E-state index in [1.165, 1.54) is 6.07 Å². The molecule has 1 heterocycles. The highest BCUT2D eigenvalue weighted by atomic mass is 79.9. The van der Waals surface area contributed by atoms with Gasteiger partial charge in [0, 0.05) is 11.0 Å². The summed E-state index contributed by atoms with van der Waals surface area (Å²) < 4.78 is 19.7. The topological polar surface area (TPSA) is 21.3 Å². The third-order valence-electron chi connectivity index (χ3n) is 2.44. The molecule has 0 aliphatic carbocycles. The van der Waals surface area contributed by atoms with Gasteiger partial charge in [-0.3, -0.25) is 0 Å². The molecule has 0 spiro atoms. The molecule has 82 valence electrons. The molecule has 0 aromatic heterocycles. The maximum Gasteiger partial charge on any atom is 0.166 e. The predicted octanol–water partition coefficient (Wildman–Crippen LogP) is 2.72. The Kier molecular flexibility index (Phi) is 3.59. The average Bonchev–Trinajstić information content (AvgIpc) is 2.24. The van der Waals surface area contributed by atoms with Crippen LogP contribution in [0.25, 0.3) is 0 Å². The number of ether oxygens (including phenoxy) is 1. The molecule has 4 heteroatoms. The molecule has 1 aliphatic rings. The van der Waals surface area contributed by atoms with Gasteiger partial charge in [0.05, 0.1) is 0 Å². The van der Waals surface area contributed by atoms with E-state index in [1.54, 1.807) is 12.1 Å². The second-order valence-electron chi connectivity index (χ2n) is 3.66. The van der Waals surface area contributed by atoms with Crippen molar-refractivity contribution >= 4 is 15.9 Å². The molecular formula is C11H13BrFNO. The van der Waals surface area contributed by atoms with Crippen LogP contribution in [0.1, 0.15) is 12.8 Å². The molecular weight excluding hydrogens is 261 g/mol. The van der Waals surface area contributed by atoms with Crippen LogP contribution in [0.5, 0.6) is 5.75 Å². The van der Waals surface area contributed by atoms with Crippen LogP contribution in [-0.4, -0.2) is 19.2 Å². The maximum atomic E-state index is 13.4. The quantitative estimate of drug-likeness (QED) is 0.895. The van der Waals surface area contributed by atoms with Crippen LogP contribution in [0.15, 0.2) is 22.7 Å². The van der Waals surface area contributed by atoms with Crippen LogP contribution in [0.2, 0.25) is 0 Å². The summed E-state index contributed by atoms with van der Waals surface area (Å²) in [5, 5.41) is 3.23. The molecule has 2 nitrogen and oxygen atoms in total. The van der Waals surface area contributed by atoms with E-state index < -0.39 is 0 Å². The van der Waals surface area contributed by atoms with Crippen molar-refractivity contribution < 1.29 is 9.13 Å². The van der Waals surface area contributed by atoms with Gasteiger partial charge in [-0.25, -0.2) is 4.39 Å². The van der Waals surface area contributed by atoms with Gasteiger partial charge in [-0.2, -0.15) is 0 Å². The maximum absolute atomic E-state index is 13.4. The monoisotopic (exact) mass is 273 g/mol. The highest BCUT2D eigenvalue weighted by Crippen LogP contribution is 2.23. The Morgan fingerprint density at radius 3 is 3.00 bits per heavy atom. The normalized spacial score (nSPS) is 21.3. The number of hydrogen-bond donors (Lipinski definition) is 1. The van der Waals surface area contributed by atoms with E-state index in [9.17, 15) is 4.39 Å². The summed E-state index contributed by atoms with van der Waals surface area (Å²) in [7, 11) is 0. The van der Waals surface area contributed by atoms with E-state index in [0.717, 1.165) is 30.4 Å². The Balaban J connectivity index is 2.03. The van der Waals surface area contributed by atoms with E-state index in [0.29, 0.717) is 5.75 Å². The lowest BCUT2D eigenvalue weighted by Gasteiger charge is -2.24. The molecule has 0 saturated carbocycles. The average molecular weight is 274 g/mol. The zero-order chi connectivity index (χ0) is 10.7. The Morgan fingerprint density at radius 2 is 2.33 bits per heavy atom. The molecule has 1 saturated heterocycles. The Hall–Kier alpha value is -0.610. The van der Waals surface area contributed by atoms with Gasteiger partial charge >= 0.3 is 0 Å². The lowest BCUT2D eigenvalue weighted by molar-refractivity contribution is 0.160. The summed E-state index contributed by atoms with van der Waals surface area (Å²) >= 11 is 3.21. The molecule has 0 radical (unpaired) electrons. The second kappa shape index (κ2) is 4.94. The Bertz CT molecular complexity index is 339. The van der Waals surface area contributed by atoms with Gasteiger partial charge in [0.2, 0.25) is 0 Å². The minimum atomic E-state index is -0.310. The summed E-state index contributed by atoms with van der Waals surface area (Å²) in [5.41, 5.74) is 0. The van der Waals surface area contributed by atoms with Crippen molar-refractivity contribution in [3.63, 3.8) is 0 Å². The van der Waals surface area contributed by atoms with Gasteiger partial charge in [0.1, 0.15) is 6.10 Å². The number of piperidine rings is 1. The van der Waals surface area contributed by atoms with Gasteiger partial charge in [-0.1, -0.05) is 15.9 Å². The van der Waals surface area contributed by atoms with Crippen molar-refractivity contribution in [2.75, 3.05) is 13.1 Å². The van der Waals surface area contributed by atoms with Crippen LogP contribution in [-0.2, 0) is 0 Å². The summed E-state index contributed by atoms with van der Waals surface area (Å²) in [6.45, 7) is 1.83. The first-order chi connectivity index (χ1) is 7.25. The molecule has 1 aromatic carbocycles. The van der Waals surface area contributed by atoms with Crippen molar-refractivity contribution in [3.05, 3.63) is 28.5 Å². The highest BCUT2D eigenvalue weighted by molar-refractivity contribution is 9.10. The third-order valence-corrected chi connectivity index (χ3v) is 2.93. The van der Waals surface area contributed by atoms with Crippen molar-refractivity contribution in [2.45, 2.75) is 18.9 Å². The number of rotatable bonds is 2. The summed E-state index contributed by atoms with van der Waals surface area (Å²) in [4.78, 5) is 0. The van der Waals surface area contributed by atoms with Crippen LogP contribution in [0, 0.1) is 5.82 Å². The van der Waals surface area contributed by atoms with Crippen molar-refractivity contribution in [2.24, 2.45) is 0 Å². The van der Waals surface area contributed by atoms with E-state index in [4.69, 9.17) is 4.74 Å². The van der Waals surface area contributed by atoms with Crippen molar-refractivity contribution in [1.29, 1.82) is 0 Å². The van der Waals surface area contributed by atoms with Crippen LogP contribution >= 0.6 is 15.9 Å². The fourth-order valence-electron chi connectivity index (χ4n) is 1.67. The minimum Gasteiger partial charge on any atom is -0.486 e. The second-order valence-corrected chi connectivity index (χ2v) is 4.58. The lowest BCUT2D eigenvalue weighted by atomic mass is 10.1. The highest BCUT2D eigenvalue weighted by Gasteiger charge is 2.16. The zero-order valence-corrected chi connectivity index (χ0v) is 9.89. The van der Waals surface area contributed by atoms with E-state index in [-0.39, 0.29) is 11.9 Å². The predicted molar refractivity (Wildman–Crippen MR) is 60.6 cm³/mol. The zero-order valence-electron chi connectivity index (χ0n) is 8.30. The molecule has 2 rings (SSSR count). The SMILES string of the molecule is Fc1cc(Br)ccc1OC1CCCNC1. The standard InChI is InChI=1S/C11H13BrFNO/c12-8-3-4-11(10(13)6-8)15-9-2-1-5-14-7-9/h3-4,6,9,14H,1-2,5,7H2. The number of hydrogen-bond acceptors (Lipinski definition) is 2. The number of halogens is 2. The first-order valence-corrected chi connectivity index (χ1v) is 5.87. The van der Waals surface area contributed by atoms with Crippen LogP contribution in [0.4, 0.5) is 4.39 Å². The molecule has 0 bridgehead atoms. The van der Waals surface area contributed by atoms with Gasteiger partial charge in [0.15, 0.2) is 11.6 Å². The van der Waals surface area contributed by atoms with Crippen LogP contribution in [0.3, 0.4) is 0 Å². The molecule has 1 unspecified atom stereocenters. The largest absolute Gasteiger partial charge is 0.486 e.